The summed E-state index contributed by atoms with van der Waals surface area (Å²) in [6.45, 7) is 1.11. The second-order valence-electron chi connectivity index (χ2n) is 9.44. The molecule has 2 aromatic rings. The highest BCUT2D eigenvalue weighted by molar-refractivity contribution is 7.90. The molecule has 8 nitrogen and oxygen atoms in total. The molecule has 1 atom stereocenters. The van der Waals surface area contributed by atoms with Gasteiger partial charge in [0, 0.05) is 31.7 Å². The zero-order valence-electron chi connectivity index (χ0n) is 21.4. The first-order valence-electron chi connectivity index (χ1n) is 12.3. The Kier molecular flexibility index (Phi) is 9.92. The minimum atomic E-state index is -4.11. The fourth-order valence-corrected chi connectivity index (χ4v) is 5.58. The molecule has 0 bridgehead atoms. The van der Waals surface area contributed by atoms with Crippen molar-refractivity contribution in [3.8, 4) is 0 Å². The Morgan fingerprint density at radius 2 is 1.73 bits per heavy atom. The van der Waals surface area contributed by atoms with Crippen LogP contribution in [-0.2, 0) is 26.3 Å². The van der Waals surface area contributed by atoms with Gasteiger partial charge < -0.3 is 10.2 Å². The van der Waals surface area contributed by atoms with Gasteiger partial charge in [-0.2, -0.15) is 12.7 Å². The molecule has 37 heavy (non-hydrogen) atoms. The molecule has 0 heterocycles. The molecule has 0 radical (unpaired) electrons. The Morgan fingerprint density at radius 3 is 2.32 bits per heavy atom. The van der Waals surface area contributed by atoms with Gasteiger partial charge in [0.2, 0.25) is 11.8 Å². The summed E-state index contributed by atoms with van der Waals surface area (Å²) >= 11 is 6.14. The number of carbonyl (C=O) groups excluding carboxylic acids is 2. The van der Waals surface area contributed by atoms with E-state index in [1.807, 2.05) is 0 Å². The molecule has 202 valence electrons. The number of anilines is 1. The third-order valence-corrected chi connectivity index (χ3v) is 8.55. The lowest BCUT2D eigenvalue weighted by Gasteiger charge is -2.34. The third-order valence-electron chi connectivity index (χ3n) is 6.49. The minimum absolute atomic E-state index is 0.0525. The monoisotopic (exact) mass is 552 g/mol. The Bertz CT molecular complexity index is 1190. The van der Waals surface area contributed by atoms with Crippen LogP contribution in [0.25, 0.3) is 0 Å². The van der Waals surface area contributed by atoms with E-state index in [9.17, 15) is 22.4 Å². The maximum atomic E-state index is 13.7. The number of nitrogens with zero attached hydrogens (tertiary/aromatic N) is 3. The number of carbonyl (C=O) groups is 2. The average Bonchev–Trinajstić information content (AvgIpc) is 2.86. The van der Waals surface area contributed by atoms with Crippen LogP contribution in [0.4, 0.5) is 10.1 Å². The van der Waals surface area contributed by atoms with Crippen molar-refractivity contribution in [2.45, 2.75) is 57.7 Å². The van der Waals surface area contributed by atoms with E-state index in [1.165, 1.54) is 31.1 Å². The van der Waals surface area contributed by atoms with E-state index >= 15 is 0 Å². The topological polar surface area (TPSA) is 90.0 Å². The second-order valence-corrected chi connectivity index (χ2v) is 11.9. The molecule has 0 spiro atoms. The largest absolute Gasteiger partial charge is 0.352 e. The van der Waals surface area contributed by atoms with E-state index < -0.39 is 34.5 Å². The smallest absolute Gasteiger partial charge is 0.304 e. The van der Waals surface area contributed by atoms with Gasteiger partial charge in [-0.1, -0.05) is 43.0 Å². The zero-order chi connectivity index (χ0) is 27.2. The van der Waals surface area contributed by atoms with Crippen molar-refractivity contribution in [3.63, 3.8) is 0 Å². The summed E-state index contributed by atoms with van der Waals surface area (Å²) in [5.41, 5.74) is 0.826. The molecule has 1 aliphatic rings. The Morgan fingerprint density at radius 1 is 1.08 bits per heavy atom. The lowest BCUT2D eigenvalue weighted by atomic mass is 9.95. The number of halogens is 2. The van der Waals surface area contributed by atoms with Crippen LogP contribution < -0.4 is 9.62 Å². The second kappa shape index (κ2) is 12.7. The minimum Gasteiger partial charge on any atom is -0.352 e. The molecule has 0 aromatic heterocycles. The van der Waals surface area contributed by atoms with Crippen LogP contribution in [-0.4, -0.2) is 62.2 Å². The molecule has 2 amide bonds. The average molecular weight is 553 g/mol. The van der Waals surface area contributed by atoms with Gasteiger partial charge in [0.05, 0.1) is 5.69 Å². The Hall–Kier alpha value is -2.69. The van der Waals surface area contributed by atoms with Crippen molar-refractivity contribution < 1.29 is 22.4 Å². The van der Waals surface area contributed by atoms with Gasteiger partial charge in [-0.25, -0.2) is 8.70 Å². The van der Waals surface area contributed by atoms with Crippen molar-refractivity contribution in [1.82, 2.24) is 14.5 Å². The summed E-state index contributed by atoms with van der Waals surface area (Å²) in [4.78, 5) is 28.3. The van der Waals surface area contributed by atoms with Gasteiger partial charge in [-0.3, -0.25) is 9.59 Å². The van der Waals surface area contributed by atoms with Gasteiger partial charge in [0.1, 0.15) is 18.4 Å². The van der Waals surface area contributed by atoms with E-state index in [-0.39, 0.29) is 24.2 Å². The Balaban J connectivity index is 1.91. The van der Waals surface area contributed by atoms with Crippen molar-refractivity contribution in [2.24, 2.45) is 0 Å². The molecule has 1 aliphatic carbocycles. The molecular weight excluding hydrogens is 519 g/mol. The number of hydrogen-bond donors (Lipinski definition) is 1. The molecule has 1 N–H and O–H groups in total. The first-order chi connectivity index (χ1) is 17.5. The Labute approximate surface area is 223 Å². The van der Waals surface area contributed by atoms with Crippen molar-refractivity contribution in [3.05, 3.63) is 64.9 Å². The lowest BCUT2D eigenvalue weighted by molar-refractivity contribution is -0.139. The highest BCUT2D eigenvalue weighted by atomic mass is 35.5. The number of hydrogen-bond acceptors (Lipinski definition) is 4. The summed E-state index contributed by atoms with van der Waals surface area (Å²) < 4.78 is 41.7. The number of rotatable bonds is 10. The SMILES string of the molecule is C[C@@H](C(=O)NC1CCCCC1)N(Cc1cccc(Cl)c1)C(=O)CN(c1ccc(F)cc1)S(=O)(=O)N(C)C. The number of benzene rings is 2. The third kappa shape index (κ3) is 7.66. The van der Waals surface area contributed by atoms with Crippen LogP contribution >= 0.6 is 11.6 Å². The summed E-state index contributed by atoms with van der Waals surface area (Å²) in [6.07, 6.45) is 5.00. The van der Waals surface area contributed by atoms with E-state index in [4.69, 9.17) is 11.6 Å². The van der Waals surface area contributed by atoms with Crippen LogP contribution in [0.1, 0.15) is 44.6 Å². The quantitative estimate of drug-likeness (QED) is 0.483. The van der Waals surface area contributed by atoms with Crippen LogP contribution in [0.3, 0.4) is 0 Å². The van der Waals surface area contributed by atoms with Gasteiger partial charge in [0.25, 0.3) is 0 Å². The first kappa shape index (κ1) is 28.9. The lowest BCUT2D eigenvalue weighted by Crippen LogP contribution is -2.53. The first-order valence-corrected chi connectivity index (χ1v) is 14.1. The number of nitrogens with one attached hydrogen (secondary N) is 1. The number of amides is 2. The summed E-state index contributed by atoms with van der Waals surface area (Å²) in [7, 11) is -1.41. The summed E-state index contributed by atoms with van der Waals surface area (Å²) in [5.74, 6) is -1.42. The molecule has 1 saturated carbocycles. The van der Waals surface area contributed by atoms with Crippen LogP contribution in [0, 0.1) is 5.82 Å². The standard InChI is InChI=1S/C26H34ClFN4O4S/c1-19(26(34)29-23-10-5-4-6-11-23)31(17-20-8-7-9-21(27)16-20)25(33)18-32(37(35,36)30(2)3)24-14-12-22(28)13-15-24/h7-9,12-16,19,23H,4-6,10-11,17-18H2,1-3H3,(H,29,34)/t19-/m0/s1. The zero-order valence-corrected chi connectivity index (χ0v) is 22.9. The molecule has 2 aromatic carbocycles. The highest BCUT2D eigenvalue weighted by Crippen LogP contribution is 2.22. The molecule has 11 heteroatoms. The van der Waals surface area contributed by atoms with Crippen molar-refractivity contribution >= 4 is 39.3 Å². The maximum absolute atomic E-state index is 13.7. The van der Waals surface area contributed by atoms with E-state index in [0.29, 0.717) is 10.6 Å². The maximum Gasteiger partial charge on any atom is 0.304 e. The van der Waals surface area contributed by atoms with Crippen LogP contribution in [0.15, 0.2) is 48.5 Å². The predicted octanol–water partition coefficient (Wildman–Crippen LogP) is 3.96. The van der Waals surface area contributed by atoms with Crippen LogP contribution in [0.2, 0.25) is 5.02 Å². The molecule has 0 aliphatic heterocycles. The molecule has 0 unspecified atom stereocenters. The normalized spacial score (nSPS) is 15.3. The van der Waals surface area contributed by atoms with E-state index in [1.54, 1.807) is 31.2 Å². The summed E-state index contributed by atoms with van der Waals surface area (Å²) in [5, 5.41) is 3.53. The van der Waals surface area contributed by atoms with Gasteiger partial charge in [0.15, 0.2) is 0 Å². The van der Waals surface area contributed by atoms with Gasteiger partial charge in [-0.15, -0.1) is 0 Å². The predicted molar refractivity (Wildman–Crippen MR) is 143 cm³/mol. The molecule has 0 saturated heterocycles. The van der Waals surface area contributed by atoms with Gasteiger partial charge in [-0.05, 0) is 61.7 Å². The fourth-order valence-electron chi connectivity index (χ4n) is 4.31. The van der Waals surface area contributed by atoms with E-state index in [2.05, 4.69) is 5.32 Å². The van der Waals surface area contributed by atoms with Crippen molar-refractivity contribution in [1.29, 1.82) is 0 Å². The van der Waals surface area contributed by atoms with Gasteiger partial charge >= 0.3 is 10.2 Å². The van der Waals surface area contributed by atoms with E-state index in [0.717, 1.165) is 52.8 Å². The highest BCUT2D eigenvalue weighted by Gasteiger charge is 2.33. The van der Waals surface area contributed by atoms with Crippen LogP contribution in [0.5, 0.6) is 0 Å². The molecular formula is C26H34ClFN4O4S. The molecule has 1 fully saturated rings. The summed E-state index contributed by atoms with van der Waals surface area (Å²) in [6, 6.07) is 11.0. The van der Waals surface area contributed by atoms with Crippen molar-refractivity contribution in [2.75, 3.05) is 24.9 Å². The molecule has 3 rings (SSSR count). The fraction of sp³-hybridized carbons (Fsp3) is 0.462.